The van der Waals surface area contributed by atoms with E-state index in [2.05, 4.69) is 37.4 Å². The van der Waals surface area contributed by atoms with E-state index in [9.17, 15) is 9.59 Å². The third kappa shape index (κ3) is 5.90. The van der Waals surface area contributed by atoms with Gasteiger partial charge in [-0.2, -0.15) is 0 Å². The van der Waals surface area contributed by atoms with E-state index < -0.39 is 0 Å². The molecule has 2 aromatic rings. The maximum Gasteiger partial charge on any atom is 0.242 e. The van der Waals surface area contributed by atoms with Gasteiger partial charge in [-0.3, -0.25) is 9.59 Å². The van der Waals surface area contributed by atoms with Crippen molar-refractivity contribution in [2.24, 2.45) is 0 Å². The number of hydrogen-bond acceptors (Lipinski definition) is 5. The van der Waals surface area contributed by atoms with E-state index in [0.29, 0.717) is 38.6 Å². The lowest BCUT2D eigenvalue weighted by atomic mass is 10.00. The van der Waals surface area contributed by atoms with Crippen LogP contribution in [0.4, 0.5) is 0 Å². The quantitative estimate of drug-likeness (QED) is 0.534. The Balaban J connectivity index is 1.73. The molecule has 0 saturated heterocycles. The molecule has 2 amide bonds. The van der Waals surface area contributed by atoms with Gasteiger partial charge in [-0.1, -0.05) is 32.9 Å². The standard InChI is InChI=1S/C25H34N2O4S/c1-5-24(28)26(13-14-30-4)16-25(29)27-12-10-23-21(11-15-32-23)22(27)17-31-20-8-6-19(7-9-20)18(2)3/h6-9,11,15,18,22H,5,10,12-14,16-17H2,1-4H3/t22-/m0/s1. The molecule has 3 rings (SSSR count). The lowest BCUT2D eigenvalue weighted by Gasteiger charge is -2.37. The second-order valence-corrected chi connectivity index (χ2v) is 9.35. The van der Waals surface area contributed by atoms with Gasteiger partial charge in [0.1, 0.15) is 12.4 Å². The van der Waals surface area contributed by atoms with Gasteiger partial charge >= 0.3 is 0 Å². The molecule has 2 heterocycles. The third-order valence-corrected chi connectivity index (χ3v) is 6.91. The van der Waals surface area contributed by atoms with E-state index in [1.165, 1.54) is 10.4 Å². The molecule has 0 unspecified atom stereocenters. The van der Waals surface area contributed by atoms with Crippen LogP contribution in [-0.2, 0) is 20.7 Å². The minimum Gasteiger partial charge on any atom is -0.491 e. The molecule has 1 aromatic carbocycles. The predicted octanol–water partition coefficient (Wildman–Crippen LogP) is 4.26. The largest absolute Gasteiger partial charge is 0.491 e. The van der Waals surface area contributed by atoms with Crippen molar-refractivity contribution >= 4 is 23.2 Å². The average Bonchev–Trinajstić information content (AvgIpc) is 3.28. The molecule has 6 nitrogen and oxygen atoms in total. The summed E-state index contributed by atoms with van der Waals surface area (Å²) < 4.78 is 11.3. The van der Waals surface area contributed by atoms with E-state index in [-0.39, 0.29) is 24.4 Å². The van der Waals surface area contributed by atoms with Crippen LogP contribution in [0.15, 0.2) is 35.7 Å². The van der Waals surface area contributed by atoms with Crippen LogP contribution in [-0.4, -0.2) is 61.6 Å². The van der Waals surface area contributed by atoms with Gasteiger partial charge < -0.3 is 19.3 Å². The number of thiophene rings is 1. The monoisotopic (exact) mass is 458 g/mol. The Morgan fingerprint density at radius 2 is 1.97 bits per heavy atom. The Hall–Kier alpha value is -2.38. The van der Waals surface area contributed by atoms with Crippen LogP contribution in [0.3, 0.4) is 0 Å². The molecule has 0 spiro atoms. The molecule has 0 aliphatic carbocycles. The Morgan fingerprint density at radius 3 is 2.62 bits per heavy atom. The molecule has 0 N–H and O–H groups in total. The fourth-order valence-electron chi connectivity index (χ4n) is 3.97. The summed E-state index contributed by atoms with van der Waals surface area (Å²) >= 11 is 1.73. The molecular weight excluding hydrogens is 424 g/mol. The normalized spacial score (nSPS) is 15.5. The molecule has 1 aliphatic heterocycles. The predicted molar refractivity (Wildman–Crippen MR) is 127 cm³/mol. The molecule has 1 aliphatic rings. The zero-order valence-corrected chi connectivity index (χ0v) is 20.3. The fraction of sp³-hybridized carbons (Fsp3) is 0.520. The van der Waals surface area contributed by atoms with Crippen molar-refractivity contribution in [3.8, 4) is 5.75 Å². The van der Waals surface area contributed by atoms with Gasteiger partial charge in [0.2, 0.25) is 11.8 Å². The van der Waals surface area contributed by atoms with Crippen LogP contribution < -0.4 is 4.74 Å². The first-order valence-electron chi connectivity index (χ1n) is 11.3. The van der Waals surface area contributed by atoms with Crippen molar-refractivity contribution in [3.05, 3.63) is 51.7 Å². The lowest BCUT2D eigenvalue weighted by Crippen LogP contribution is -2.48. The van der Waals surface area contributed by atoms with E-state index >= 15 is 0 Å². The number of methoxy groups -OCH3 is 1. The second-order valence-electron chi connectivity index (χ2n) is 8.35. The van der Waals surface area contributed by atoms with E-state index in [1.807, 2.05) is 24.0 Å². The van der Waals surface area contributed by atoms with Crippen molar-refractivity contribution in [3.63, 3.8) is 0 Å². The number of fused-ring (bicyclic) bond motifs is 1. The molecule has 7 heteroatoms. The molecule has 32 heavy (non-hydrogen) atoms. The zero-order chi connectivity index (χ0) is 23.1. The van der Waals surface area contributed by atoms with Crippen LogP contribution in [0, 0.1) is 0 Å². The summed E-state index contributed by atoms with van der Waals surface area (Å²) in [6.45, 7) is 8.04. The van der Waals surface area contributed by atoms with Gasteiger partial charge in [-0.25, -0.2) is 0 Å². The van der Waals surface area contributed by atoms with Crippen molar-refractivity contribution < 1.29 is 19.1 Å². The van der Waals surface area contributed by atoms with Crippen molar-refractivity contribution in [2.75, 3.05) is 40.0 Å². The van der Waals surface area contributed by atoms with Crippen LogP contribution in [0.2, 0.25) is 0 Å². The van der Waals surface area contributed by atoms with Gasteiger partial charge in [-0.05, 0) is 47.0 Å². The molecule has 0 bridgehead atoms. The van der Waals surface area contributed by atoms with Crippen LogP contribution in [0.1, 0.15) is 55.2 Å². The Kier molecular flexibility index (Phi) is 8.70. The minimum absolute atomic E-state index is 0.0401. The first-order valence-corrected chi connectivity index (χ1v) is 12.2. The Labute approximate surface area is 195 Å². The molecule has 1 atom stereocenters. The van der Waals surface area contributed by atoms with Gasteiger partial charge in [0.15, 0.2) is 0 Å². The summed E-state index contributed by atoms with van der Waals surface area (Å²) in [4.78, 5) is 30.4. The summed E-state index contributed by atoms with van der Waals surface area (Å²) in [5.74, 6) is 1.17. The third-order valence-electron chi connectivity index (χ3n) is 5.92. The maximum atomic E-state index is 13.3. The van der Waals surface area contributed by atoms with Crippen LogP contribution in [0.5, 0.6) is 5.75 Å². The summed E-state index contributed by atoms with van der Waals surface area (Å²) in [7, 11) is 1.60. The highest BCUT2D eigenvalue weighted by Crippen LogP contribution is 2.34. The highest BCUT2D eigenvalue weighted by atomic mass is 32.1. The van der Waals surface area contributed by atoms with Crippen LogP contribution in [0.25, 0.3) is 0 Å². The van der Waals surface area contributed by atoms with Crippen molar-refractivity contribution in [2.45, 2.75) is 45.6 Å². The van der Waals surface area contributed by atoms with E-state index in [4.69, 9.17) is 9.47 Å². The zero-order valence-electron chi connectivity index (χ0n) is 19.5. The van der Waals surface area contributed by atoms with Crippen molar-refractivity contribution in [1.82, 2.24) is 9.80 Å². The molecule has 174 valence electrons. The fourth-order valence-corrected chi connectivity index (χ4v) is 4.90. The molecule has 1 aromatic heterocycles. The van der Waals surface area contributed by atoms with Gasteiger partial charge in [0.25, 0.3) is 0 Å². The SMILES string of the molecule is CCC(=O)N(CCOC)CC(=O)N1CCc2sccc2[C@@H]1COc1ccc(C(C)C)cc1. The smallest absolute Gasteiger partial charge is 0.242 e. The summed E-state index contributed by atoms with van der Waals surface area (Å²) in [5.41, 5.74) is 2.42. The second kappa shape index (κ2) is 11.5. The maximum absolute atomic E-state index is 13.3. The van der Waals surface area contributed by atoms with Crippen molar-refractivity contribution in [1.29, 1.82) is 0 Å². The van der Waals surface area contributed by atoms with Gasteiger partial charge in [0, 0.05) is 31.5 Å². The minimum atomic E-state index is -0.164. The number of benzene rings is 1. The summed E-state index contributed by atoms with van der Waals surface area (Å²) in [6, 6.07) is 10.1. The topological polar surface area (TPSA) is 59.1 Å². The first kappa shape index (κ1) is 24.3. The lowest BCUT2D eigenvalue weighted by molar-refractivity contribution is -0.143. The van der Waals surface area contributed by atoms with Crippen LogP contribution >= 0.6 is 11.3 Å². The number of hydrogen-bond donors (Lipinski definition) is 0. The number of rotatable bonds is 10. The molecule has 0 fully saturated rings. The summed E-state index contributed by atoms with van der Waals surface area (Å²) in [6.07, 6.45) is 1.20. The number of ether oxygens (including phenoxy) is 2. The molecule has 0 radical (unpaired) electrons. The summed E-state index contributed by atoms with van der Waals surface area (Å²) in [5, 5.41) is 2.08. The Morgan fingerprint density at radius 1 is 1.22 bits per heavy atom. The average molecular weight is 459 g/mol. The van der Waals surface area contributed by atoms with Gasteiger partial charge in [-0.15, -0.1) is 11.3 Å². The molecular formula is C25H34N2O4S. The Bertz CT molecular complexity index is 894. The van der Waals surface area contributed by atoms with Gasteiger partial charge in [0.05, 0.1) is 19.2 Å². The van der Waals surface area contributed by atoms with E-state index in [0.717, 1.165) is 17.7 Å². The highest BCUT2D eigenvalue weighted by molar-refractivity contribution is 7.10. The number of amides is 2. The number of nitrogens with zero attached hydrogens (tertiary/aromatic N) is 2. The number of carbonyl (C=O) groups excluding carboxylic acids is 2. The molecule has 0 saturated carbocycles. The highest BCUT2D eigenvalue weighted by Gasteiger charge is 2.33. The van der Waals surface area contributed by atoms with E-state index in [1.54, 1.807) is 23.3 Å². The first-order chi connectivity index (χ1) is 15.4. The number of carbonyl (C=O) groups is 2.